The maximum absolute atomic E-state index is 12.8. The Kier molecular flexibility index (Phi) is 4.99. The van der Waals surface area contributed by atoms with Gasteiger partial charge in [0.25, 0.3) is 5.91 Å². The van der Waals surface area contributed by atoms with E-state index in [4.69, 9.17) is 0 Å². The largest absolute Gasteiger partial charge is 0.305 e. The molecule has 1 amide bonds. The Morgan fingerprint density at radius 1 is 1.00 bits per heavy atom. The predicted octanol–water partition coefficient (Wildman–Crippen LogP) is 4.53. The average molecular weight is 422 g/mol. The summed E-state index contributed by atoms with van der Waals surface area (Å²) in [6.45, 7) is 4.76. The molecular formula is C25H22N6O. The van der Waals surface area contributed by atoms with Crippen LogP contribution in [0.15, 0.2) is 79.5 Å². The van der Waals surface area contributed by atoms with Crippen LogP contribution in [0.3, 0.4) is 0 Å². The van der Waals surface area contributed by atoms with Crippen molar-refractivity contribution < 1.29 is 4.79 Å². The lowest BCUT2D eigenvalue weighted by Crippen LogP contribution is -2.13. The SMILES string of the molecule is Cc1ccc(C)c(-n2cnc3cc(C(=O)Nc4ccn(Cc5ccncc5)n4)ccc32)c1. The number of carbonyl (C=O) groups is 1. The van der Waals surface area contributed by atoms with Crippen molar-refractivity contribution >= 4 is 22.8 Å². The van der Waals surface area contributed by atoms with Gasteiger partial charge in [-0.25, -0.2) is 4.98 Å². The zero-order valence-electron chi connectivity index (χ0n) is 17.9. The van der Waals surface area contributed by atoms with Gasteiger partial charge in [-0.1, -0.05) is 12.1 Å². The Bertz CT molecular complexity index is 1420. The number of anilines is 1. The quantitative estimate of drug-likeness (QED) is 0.451. The average Bonchev–Trinajstić information content (AvgIpc) is 3.42. The smallest absolute Gasteiger partial charge is 0.256 e. The summed E-state index contributed by atoms with van der Waals surface area (Å²) < 4.78 is 3.83. The lowest BCUT2D eigenvalue weighted by molar-refractivity contribution is 0.102. The Morgan fingerprint density at radius 2 is 1.84 bits per heavy atom. The summed E-state index contributed by atoms with van der Waals surface area (Å²) >= 11 is 0. The van der Waals surface area contributed by atoms with Crippen LogP contribution < -0.4 is 5.32 Å². The summed E-state index contributed by atoms with van der Waals surface area (Å²) in [4.78, 5) is 21.3. The maximum Gasteiger partial charge on any atom is 0.256 e. The molecular weight excluding hydrogens is 400 g/mol. The number of carbonyl (C=O) groups excluding carboxylic acids is 1. The minimum atomic E-state index is -0.220. The summed E-state index contributed by atoms with van der Waals surface area (Å²) in [6.07, 6.45) is 7.14. The first kappa shape index (κ1) is 19.7. The van der Waals surface area contributed by atoms with Crippen LogP contribution in [-0.2, 0) is 6.54 Å². The Morgan fingerprint density at radius 3 is 2.69 bits per heavy atom. The fraction of sp³-hybridized carbons (Fsp3) is 0.120. The number of benzene rings is 2. The van der Waals surface area contributed by atoms with Crippen molar-refractivity contribution in [3.8, 4) is 5.69 Å². The number of hydrogen-bond acceptors (Lipinski definition) is 4. The Balaban J connectivity index is 1.35. The van der Waals surface area contributed by atoms with E-state index in [0.717, 1.165) is 22.3 Å². The number of fused-ring (bicyclic) bond motifs is 1. The summed E-state index contributed by atoms with van der Waals surface area (Å²) in [5, 5.41) is 7.31. The van der Waals surface area contributed by atoms with Gasteiger partial charge in [0.15, 0.2) is 5.82 Å². The van der Waals surface area contributed by atoms with E-state index >= 15 is 0 Å². The van der Waals surface area contributed by atoms with E-state index in [-0.39, 0.29) is 5.91 Å². The number of hydrogen-bond donors (Lipinski definition) is 1. The summed E-state index contributed by atoms with van der Waals surface area (Å²) in [7, 11) is 0. The molecule has 0 aliphatic carbocycles. The van der Waals surface area contributed by atoms with Crippen LogP contribution in [0.4, 0.5) is 5.82 Å². The van der Waals surface area contributed by atoms with Crippen LogP contribution in [-0.4, -0.2) is 30.2 Å². The highest BCUT2D eigenvalue weighted by atomic mass is 16.1. The lowest BCUT2D eigenvalue weighted by atomic mass is 10.1. The first-order chi connectivity index (χ1) is 15.6. The molecule has 0 atom stereocenters. The zero-order chi connectivity index (χ0) is 22.1. The van der Waals surface area contributed by atoms with Crippen LogP contribution in [0.5, 0.6) is 0 Å². The molecule has 32 heavy (non-hydrogen) atoms. The minimum Gasteiger partial charge on any atom is -0.305 e. The van der Waals surface area contributed by atoms with Crippen molar-refractivity contribution in [3.63, 3.8) is 0 Å². The van der Waals surface area contributed by atoms with E-state index in [1.807, 2.05) is 30.5 Å². The van der Waals surface area contributed by atoms with Crippen LogP contribution in [0.25, 0.3) is 16.7 Å². The molecule has 0 unspecified atom stereocenters. The van der Waals surface area contributed by atoms with Crippen molar-refractivity contribution in [2.24, 2.45) is 0 Å². The van der Waals surface area contributed by atoms with Crippen LogP contribution in [0, 0.1) is 13.8 Å². The topological polar surface area (TPSA) is 77.6 Å². The fourth-order valence-corrected chi connectivity index (χ4v) is 3.71. The third-order valence-electron chi connectivity index (χ3n) is 5.41. The highest BCUT2D eigenvalue weighted by Crippen LogP contribution is 2.23. The molecule has 0 saturated heterocycles. The molecule has 7 heteroatoms. The van der Waals surface area contributed by atoms with Gasteiger partial charge in [-0.2, -0.15) is 5.10 Å². The molecule has 0 aliphatic heterocycles. The van der Waals surface area contributed by atoms with Crippen LogP contribution in [0.1, 0.15) is 27.0 Å². The van der Waals surface area contributed by atoms with Crippen LogP contribution in [0.2, 0.25) is 0 Å². The molecule has 5 aromatic rings. The van der Waals surface area contributed by atoms with Gasteiger partial charge in [0.2, 0.25) is 0 Å². The molecule has 0 fully saturated rings. The Labute approximate surface area is 185 Å². The number of aromatic nitrogens is 5. The molecule has 158 valence electrons. The van der Waals surface area contributed by atoms with Gasteiger partial charge >= 0.3 is 0 Å². The maximum atomic E-state index is 12.8. The van der Waals surface area contributed by atoms with Crippen molar-refractivity contribution in [1.29, 1.82) is 0 Å². The molecule has 2 aromatic carbocycles. The number of amides is 1. The van der Waals surface area contributed by atoms with Crippen molar-refractivity contribution in [2.45, 2.75) is 20.4 Å². The van der Waals surface area contributed by atoms with E-state index < -0.39 is 0 Å². The molecule has 3 aromatic heterocycles. The number of nitrogens with one attached hydrogen (secondary N) is 1. The molecule has 0 radical (unpaired) electrons. The number of nitrogens with zero attached hydrogens (tertiary/aromatic N) is 5. The van der Waals surface area contributed by atoms with Gasteiger partial charge in [0, 0.05) is 30.2 Å². The zero-order valence-corrected chi connectivity index (χ0v) is 17.9. The molecule has 0 spiro atoms. The van der Waals surface area contributed by atoms with Crippen LogP contribution >= 0.6 is 0 Å². The third-order valence-corrected chi connectivity index (χ3v) is 5.41. The van der Waals surface area contributed by atoms with E-state index in [2.05, 4.69) is 57.0 Å². The van der Waals surface area contributed by atoms with Gasteiger partial charge in [-0.3, -0.25) is 19.0 Å². The third kappa shape index (κ3) is 3.88. The van der Waals surface area contributed by atoms with Gasteiger partial charge in [0.1, 0.15) is 6.33 Å². The van der Waals surface area contributed by atoms with E-state index in [1.54, 1.807) is 35.5 Å². The van der Waals surface area contributed by atoms with E-state index in [0.29, 0.717) is 17.9 Å². The van der Waals surface area contributed by atoms with Crippen molar-refractivity contribution in [3.05, 3.63) is 102 Å². The van der Waals surface area contributed by atoms with Gasteiger partial charge in [0.05, 0.1) is 23.3 Å². The molecule has 1 N–H and O–H groups in total. The van der Waals surface area contributed by atoms with E-state index in [9.17, 15) is 4.79 Å². The highest BCUT2D eigenvalue weighted by Gasteiger charge is 2.13. The normalized spacial score (nSPS) is 11.1. The van der Waals surface area contributed by atoms with Crippen molar-refractivity contribution in [2.75, 3.05) is 5.32 Å². The summed E-state index contributed by atoms with van der Waals surface area (Å²) in [6, 6.07) is 17.5. The number of imidazole rings is 1. The molecule has 7 nitrogen and oxygen atoms in total. The second kappa shape index (κ2) is 8.11. The summed E-state index contributed by atoms with van der Waals surface area (Å²) in [5.74, 6) is 0.285. The first-order valence-corrected chi connectivity index (χ1v) is 10.4. The second-order valence-electron chi connectivity index (χ2n) is 7.82. The number of pyridine rings is 1. The first-order valence-electron chi connectivity index (χ1n) is 10.4. The highest BCUT2D eigenvalue weighted by molar-refractivity contribution is 6.05. The molecule has 0 aliphatic rings. The standard InChI is InChI=1S/C25H22N6O/c1-17-3-4-18(2)23(13-17)31-16-27-21-14-20(5-6-22(21)31)25(32)28-24-9-12-30(29-24)15-19-7-10-26-11-8-19/h3-14,16H,15H2,1-2H3,(H,28,29,32). The number of rotatable bonds is 5. The number of aryl methyl sites for hydroxylation is 2. The molecule has 3 heterocycles. The Hall–Kier alpha value is -4.26. The minimum absolute atomic E-state index is 0.220. The lowest BCUT2D eigenvalue weighted by Gasteiger charge is -2.09. The monoisotopic (exact) mass is 422 g/mol. The van der Waals surface area contributed by atoms with E-state index in [1.165, 1.54) is 11.1 Å². The molecule has 5 rings (SSSR count). The predicted molar refractivity (Wildman–Crippen MR) is 124 cm³/mol. The van der Waals surface area contributed by atoms with Crippen molar-refractivity contribution in [1.82, 2.24) is 24.3 Å². The van der Waals surface area contributed by atoms with Gasteiger partial charge < -0.3 is 5.32 Å². The molecule has 0 saturated carbocycles. The second-order valence-corrected chi connectivity index (χ2v) is 7.82. The molecule has 0 bridgehead atoms. The fourth-order valence-electron chi connectivity index (χ4n) is 3.71. The van der Waals surface area contributed by atoms with Gasteiger partial charge in [-0.15, -0.1) is 0 Å². The van der Waals surface area contributed by atoms with Gasteiger partial charge in [-0.05, 0) is 66.9 Å². The summed E-state index contributed by atoms with van der Waals surface area (Å²) in [5.41, 5.74) is 6.78.